The number of hydrogen-bond acceptors (Lipinski definition) is 4. The molecule has 2 unspecified atom stereocenters. The first-order valence-corrected chi connectivity index (χ1v) is 9.60. The van der Waals surface area contributed by atoms with E-state index in [1.54, 1.807) is 0 Å². The lowest BCUT2D eigenvalue weighted by atomic mass is 10.1. The predicted molar refractivity (Wildman–Crippen MR) is 105 cm³/mol. The van der Waals surface area contributed by atoms with Gasteiger partial charge in [0, 0.05) is 11.5 Å². The molecule has 0 saturated heterocycles. The highest BCUT2D eigenvalue weighted by molar-refractivity contribution is 7.98. The molecule has 0 aliphatic carbocycles. The molecule has 2 aromatic rings. The fourth-order valence-corrected chi connectivity index (χ4v) is 3.53. The van der Waals surface area contributed by atoms with Crippen LogP contribution >= 0.6 is 24.4 Å². The second kappa shape index (κ2) is 10.2. The van der Waals surface area contributed by atoms with E-state index < -0.39 is 17.3 Å². The fourth-order valence-electron chi connectivity index (χ4n) is 2.24. The number of hydrogen-bond donors (Lipinski definition) is 3. The number of benzene rings is 2. The summed E-state index contributed by atoms with van der Waals surface area (Å²) in [5.41, 5.74) is 2.11. The number of carboxylic acid groups (broad SMARTS) is 1. The molecule has 0 aliphatic rings. The van der Waals surface area contributed by atoms with Gasteiger partial charge in [-0.2, -0.15) is 24.4 Å². The Kier molecular flexibility index (Phi) is 7.88. The maximum Gasteiger partial charge on any atom is 0.327 e. The second-order valence-electron chi connectivity index (χ2n) is 5.61. The quantitative estimate of drug-likeness (QED) is 0.590. The van der Waals surface area contributed by atoms with Crippen LogP contribution in [0.3, 0.4) is 0 Å². The van der Waals surface area contributed by atoms with Gasteiger partial charge < -0.3 is 10.4 Å². The molecule has 2 rings (SSSR count). The molecule has 6 heteroatoms. The van der Waals surface area contributed by atoms with E-state index in [1.807, 2.05) is 60.7 Å². The summed E-state index contributed by atoms with van der Waals surface area (Å²) in [5.74, 6) is -0.384. The molecule has 0 radical (unpaired) electrons. The number of carbonyl (C=O) groups is 2. The Morgan fingerprint density at radius 3 is 2.12 bits per heavy atom. The molecule has 2 N–H and O–H groups in total. The lowest BCUT2D eigenvalue weighted by Gasteiger charge is -2.17. The average Bonchev–Trinajstić information content (AvgIpc) is 2.62. The normalized spacial score (nSPS) is 13.0. The Bertz CT molecular complexity index is 680. The molecule has 4 nitrogen and oxygen atoms in total. The van der Waals surface area contributed by atoms with Gasteiger partial charge in [0.1, 0.15) is 6.04 Å². The van der Waals surface area contributed by atoms with E-state index >= 15 is 0 Å². The third-order valence-electron chi connectivity index (χ3n) is 3.59. The number of thioether (sulfide) groups is 1. The molecule has 0 aliphatic heterocycles. The molecule has 132 valence electrons. The van der Waals surface area contributed by atoms with Crippen LogP contribution in [0, 0.1) is 0 Å². The molecule has 1 amide bonds. The highest BCUT2D eigenvalue weighted by Crippen LogP contribution is 2.14. The Morgan fingerprint density at radius 2 is 1.56 bits per heavy atom. The lowest BCUT2D eigenvalue weighted by Crippen LogP contribution is -2.46. The van der Waals surface area contributed by atoms with E-state index in [0.717, 1.165) is 11.1 Å². The minimum absolute atomic E-state index is 0.307. The molecule has 2 aromatic carbocycles. The maximum absolute atomic E-state index is 12.2. The summed E-state index contributed by atoms with van der Waals surface area (Å²) in [6.45, 7) is 0. The minimum Gasteiger partial charge on any atom is -0.480 e. The second-order valence-corrected chi connectivity index (χ2v) is 7.26. The van der Waals surface area contributed by atoms with Crippen molar-refractivity contribution in [1.82, 2.24) is 5.32 Å². The Hall–Kier alpha value is -1.92. The highest BCUT2D eigenvalue weighted by Gasteiger charge is 2.23. The van der Waals surface area contributed by atoms with E-state index in [4.69, 9.17) is 0 Å². The number of nitrogens with one attached hydrogen (secondary N) is 1. The summed E-state index contributed by atoms with van der Waals surface area (Å²) in [5, 5.41) is 11.3. The number of thiol groups is 1. The number of carboxylic acids is 1. The van der Waals surface area contributed by atoms with Crippen molar-refractivity contribution in [2.45, 2.75) is 23.5 Å². The Balaban J connectivity index is 1.83. The summed E-state index contributed by atoms with van der Waals surface area (Å²) in [6, 6.07) is 18.4. The van der Waals surface area contributed by atoms with Crippen molar-refractivity contribution in [3.05, 3.63) is 71.8 Å². The van der Waals surface area contributed by atoms with Crippen molar-refractivity contribution >= 4 is 36.3 Å². The first-order chi connectivity index (χ1) is 12.1. The summed E-state index contributed by atoms with van der Waals surface area (Å²) >= 11 is 5.80. The highest BCUT2D eigenvalue weighted by atomic mass is 32.2. The van der Waals surface area contributed by atoms with Crippen molar-refractivity contribution in [3.63, 3.8) is 0 Å². The van der Waals surface area contributed by atoms with E-state index in [0.29, 0.717) is 17.9 Å². The average molecular weight is 376 g/mol. The summed E-state index contributed by atoms with van der Waals surface area (Å²) in [4.78, 5) is 23.6. The maximum atomic E-state index is 12.2. The van der Waals surface area contributed by atoms with Crippen LogP contribution in [0.15, 0.2) is 60.7 Å². The third-order valence-corrected chi connectivity index (χ3v) is 5.11. The van der Waals surface area contributed by atoms with Crippen molar-refractivity contribution in [3.8, 4) is 0 Å². The summed E-state index contributed by atoms with van der Waals surface area (Å²) in [6.07, 6.45) is 0.458. The zero-order valence-electron chi connectivity index (χ0n) is 13.7. The largest absolute Gasteiger partial charge is 0.480 e. The first kappa shape index (κ1) is 19.4. The van der Waals surface area contributed by atoms with Gasteiger partial charge >= 0.3 is 5.97 Å². The monoisotopic (exact) mass is 375 g/mol. The van der Waals surface area contributed by atoms with E-state index in [1.165, 1.54) is 11.8 Å². The Morgan fingerprint density at radius 1 is 1.00 bits per heavy atom. The molecule has 0 fully saturated rings. The van der Waals surface area contributed by atoms with Crippen LogP contribution in [0.5, 0.6) is 0 Å². The molecule has 0 spiro atoms. The SMILES string of the molecule is O=C(NC(CSCc1ccccc1)C(=O)O)C(S)Cc1ccccc1. The van der Waals surface area contributed by atoms with Crippen LogP contribution in [-0.2, 0) is 21.8 Å². The van der Waals surface area contributed by atoms with Crippen LogP contribution in [0.4, 0.5) is 0 Å². The fraction of sp³-hybridized carbons (Fsp3) is 0.263. The molecular formula is C19H21NO3S2. The number of carbonyl (C=O) groups excluding carboxylic acids is 1. The van der Waals surface area contributed by atoms with Crippen LogP contribution < -0.4 is 5.32 Å². The van der Waals surface area contributed by atoms with Gasteiger partial charge in [0.05, 0.1) is 5.25 Å². The van der Waals surface area contributed by atoms with Gasteiger partial charge in [0.15, 0.2) is 0 Å². The molecule has 25 heavy (non-hydrogen) atoms. The number of aliphatic carboxylic acids is 1. The Labute approximate surface area is 157 Å². The number of rotatable bonds is 9. The van der Waals surface area contributed by atoms with Gasteiger partial charge in [0.2, 0.25) is 5.91 Å². The van der Waals surface area contributed by atoms with Crippen LogP contribution in [0.1, 0.15) is 11.1 Å². The third kappa shape index (κ3) is 6.84. The predicted octanol–water partition coefficient (Wildman–Crippen LogP) is 3.03. The van der Waals surface area contributed by atoms with Gasteiger partial charge in [-0.25, -0.2) is 4.79 Å². The van der Waals surface area contributed by atoms with Crippen LogP contribution in [0.2, 0.25) is 0 Å². The van der Waals surface area contributed by atoms with Crippen molar-refractivity contribution in [1.29, 1.82) is 0 Å². The topological polar surface area (TPSA) is 66.4 Å². The van der Waals surface area contributed by atoms with Gasteiger partial charge in [-0.3, -0.25) is 4.79 Å². The van der Waals surface area contributed by atoms with Crippen molar-refractivity contribution < 1.29 is 14.7 Å². The van der Waals surface area contributed by atoms with Crippen LogP contribution in [-0.4, -0.2) is 34.0 Å². The molecule has 2 atom stereocenters. The molecular weight excluding hydrogens is 354 g/mol. The van der Waals surface area contributed by atoms with Gasteiger partial charge in [-0.05, 0) is 17.5 Å². The molecule has 0 saturated carbocycles. The van der Waals surface area contributed by atoms with E-state index in [-0.39, 0.29) is 5.91 Å². The van der Waals surface area contributed by atoms with Gasteiger partial charge in [-0.1, -0.05) is 60.7 Å². The van der Waals surface area contributed by atoms with E-state index in [9.17, 15) is 14.7 Å². The van der Waals surface area contributed by atoms with E-state index in [2.05, 4.69) is 17.9 Å². The molecule has 0 heterocycles. The summed E-state index contributed by atoms with van der Waals surface area (Å²) < 4.78 is 0. The lowest BCUT2D eigenvalue weighted by molar-refractivity contribution is -0.141. The van der Waals surface area contributed by atoms with Crippen molar-refractivity contribution in [2.24, 2.45) is 0 Å². The molecule has 0 aromatic heterocycles. The van der Waals surface area contributed by atoms with Crippen molar-refractivity contribution in [2.75, 3.05) is 5.75 Å². The molecule has 0 bridgehead atoms. The zero-order valence-corrected chi connectivity index (χ0v) is 15.4. The van der Waals surface area contributed by atoms with Gasteiger partial charge in [-0.15, -0.1) is 0 Å². The minimum atomic E-state index is -1.03. The number of amides is 1. The smallest absolute Gasteiger partial charge is 0.327 e. The zero-order chi connectivity index (χ0) is 18.1. The van der Waals surface area contributed by atoms with Gasteiger partial charge in [0.25, 0.3) is 0 Å². The summed E-state index contributed by atoms with van der Waals surface area (Å²) in [7, 11) is 0. The van der Waals surface area contributed by atoms with Crippen LogP contribution in [0.25, 0.3) is 0 Å². The standard InChI is InChI=1S/C19H21NO3S2/c21-18(17(24)11-14-7-3-1-4-8-14)20-16(19(22)23)13-25-12-15-9-5-2-6-10-15/h1-10,16-17,24H,11-13H2,(H,20,21)(H,22,23). The first-order valence-electron chi connectivity index (χ1n) is 7.93.